The number of halogens is 1. The first-order valence-corrected chi connectivity index (χ1v) is 6.90. The van der Waals surface area contributed by atoms with Crippen molar-refractivity contribution in [2.45, 2.75) is 12.8 Å². The summed E-state index contributed by atoms with van der Waals surface area (Å²) in [6.45, 7) is 1.30. The van der Waals surface area contributed by atoms with Crippen LogP contribution in [0.1, 0.15) is 23.2 Å². The molecule has 1 aromatic carbocycles. The topological polar surface area (TPSA) is 69.6 Å². The van der Waals surface area contributed by atoms with Crippen LogP contribution >= 0.6 is 11.6 Å². The van der Waals surface area contributed by atoms with E-state index in [1.165, 1.54) is 6.07 Å². The van der Waals surface area contributed by atoms with Gasteiger partial charge in [-0.05, 0) is 31.0 Å². The number of hydrogen-bond donors (Lipinski definition) is 2. The largest absolute Gasteiger partial charge is 0.478 e. The number of aromatic carboxylic acids is 1. The van der Waals surface area contributed by atoms with Gasteiger partial charge in [-0.15, -0.1) is 0 Å². The summed E-state index contributed by atoms with van der Waals surface area (Å²) in [5.74, 6) is -0.914. The molecule has 0 unspecified atom stereocenters. The van der Waals surface area contributed by atoms with E-state index in [1.807, 2.05) is 4.90 Å². The highest BCUT2D eigenvalue weighted by molar-refractivity contribution is 6.31. The number of carboxylic acid groups (broad SMARTS) is 1. The van der Waals surface area contributed by atoms with Crippen LogP contribution in [0.2, 0.25) is 5.02 Å². The minimum atomic E-state index is -0.968. The molecule has 20 heavy (non-hydrogen) atoms. The molecule has 0 aliphatic carbocycles. The molecule has 0 spiro atoms. The van der Waals surface area contributed by atoms with Crippen molar-refractivity contribution in [2.24, 2.45) is 5.92 Å². The Morgan fingerprint density at radius 1 is 1.35 bits per heavy atom. The fourth-order valence-corrected chi connectivity index (χ4v) is 2.70. The Morgan fingerprint density at radius 3 is 2.55 bits per heavy atom. The minimum Gasteiger partial charge on any atom is -0.478 e. The Labute approximate surface area is 122 Å². The number of benzene rings is 1. The lowest BCUT2D eigenvalue weighted by Gasteiger charge is -2.33. The normalized spacial score (nSPS) is 16.0. The lowest BCUT2D eigenvalue weighted by atomic mass is 9.95. The summed E-state index contributed by atoms with van der Waals surface area (Å²) >= 11 is 5.96. The number of rotatable bonds is 3. The van der Waals surface area contributed by atoms with Crippen LogP contribution in [0.3, 0.4) is 0 Å². The fourth-order valence-electron chi connectivity index (χ4n) is 2.53. The first-order chi connectivity index (χ1) is 9.52. The van der Waals surface area contributed by atoms with Gasteiger partial charge in [0.15, 0.2) is 0 Å². The van der Waals surface area contributed by atoms with Crippen molar-refractivity contribution >= 4 is 29.2 Å². The van der Waals surface area contributed by atoms with Crippen LogP contribution in [0.25, 0.3) is 0 Å². The summed E-state index contributed by atoms with van der Waals surface area (Å²) in [5, 5.41) is 12.4. The van der Waals surface area contributed by atoms with E-state index in [-0.39, 0.29) is 17.4 Å². The van der Waals surface area contributed by atoms with E-state index in [9.17, 15) is 14.7 Å². The zero-order valence-electron chi connectivity index (χ0n) is 11.2. The lowest BCUT2D eigenvalue weighted by molar-refractivity contribution is -0.125. The molecule has 6 heteroatoms. The molecule has 0 bridgehead atoms. The Morgan fingerprint density at radius 2 is 2.00 bits per heavy atom. The van der Waals surface area contributed by atoms with Gasteiger partial charge in [0.2, 0.25) is 5.91 Å². The Hall–Kier alpha value is -1.75. The van der Waals surface area contributed by atoms with Crippen molar-refractivity contribution in [2.75, 3.05) is 25.0 Å². The van der Waals surface area contributed by atoms with E-state index in [2.05, 4.69) is 5.32 Å². The summed E-state index contributed by atoms with van der Waals surface area (Å²) < 4.78 is 0. The number of carbonyl (C=O) groups excluding carboxylic acids is 1. The third kappa shape index (κ3) is 3.04. The van der Waals surface area contributed by atoms with Gasteiger partial charge < -0.3 is 15.3 Å². The summed E-state index contributed by atoms with van der Waals surface area (Å²) in [7, 11) is 1.63. The molecule has 0 saturated carbocycles. The Bertz CT molecular complexity index is 525. The van der Waals surface area contributed by atoms with Gasteiger partial charge >= 0.3 is 5.97 Å². The van der Waals surface area contributed by atoms with Crippen molar-refractivity contribution in [1.82, 2.24) is 5.32 Å². The maximum absolute atomic E-state index is 11.6. The first-order valence-electron chi connectivity index (χ1n) is 6.52. The van der Waals surface area contributed by atoms with Gasteiger partial charge in [0, 0.05) is 31.1 Å². The van der Waals surface area contributed by atoms with Crippen molar-refractivity contribution in [1.29, 1.82) is 0 Å². The van der Waals surface area contributed by atoms with Gasteiger partial charge in [-0.25, -0.2) is 4.79 Å². The highest BCUT2D eigenvalue weighted by Gasteiger charge is 2.26. The molecule has 0 atom stereocenters. The molecular formula is C14H17ClN2O3. The van der Waals surface area contributed by atoms with E-state index in [0.29, 0.717) is 36.6 Å². The molecule has 1 saturated heterocycles. The van der Waals surface area contributed by atoms with Crippen LogP contribution < -0.4 is 10.2 Å². The number of hydrogen-bond acceptors (Lipinski definition) is 3. The molecule has 2 rings (SSSR count). The number of anilines is 1. The molecule has 1 heterocycles. The summed E-state index contributed by atoms with van der Waals surface area (Å²) in [5.41, 5.74) is 0.869. The van der Waals surface area contributed by atoms with Crippen molar-refractivity contribution in [3.05, 3.63) is 28.8 Å². The molecule has 5 nitrogen and oxygen atoms in total. The van der Waals surface area contributed by atoms with Gasteiger partial charge in [-0.2, -0.15) is 0 Å². The van der Waals surface area contributed by atoms with Crippen molar-refractivity contribution in [3.63, 3.8) is 0 Å². The number of nitrogens with zero attached hydrogens (tertiary/aromatic N) is 1. The number of carboxylic acids is 1. The van der Waals surface area contributed by atoms with E-state index in [4.69, 9.17) is 11.6 Å². The second kappa shape index (κ2) is 6.13. The predicted molar refractivity (Wildman–Crippen MR) is 77.4 cm³/mol. The Kier molecular flexibility index (Phi) is 4.49. The van der Waals surface area contributed by atoms with E-state index < -0.39 is 5.97 Å². The van der Waals surface area contributed by atoms with Crippen LogP contribution in [-0.4, -0.2) is 37.1 Å². The predicted octanol–water partition coefficient (Wildman–Crippen LogP) is 2.00. The first kappa shape index (κ1) is 14.7. The van der Waals surface area contributed by atoms with Crippen molar-refractivity contribution in [3.8, 4) is 0 Å². The summed E-state index contributed by atoms with van der Waals surface area (Å²) in [6.07, 6.45) is 1.43. The van der Waals surface area contributed by atoms with Crippen LogP contribution in [0, 0.1) is 5.92 Å². The van der Waals surface area contributed by atoms with Crippen LogP contribution in [0.15, 0.2) is 18.2 Å². The molecular weight excluding hydrogens is 280 g/mol. The molecule has 2 N–H and O–H groups in total. The summed E-state index contributed by atoms with van der Waals surface area (Å²) in [6, 6.07) is 4.77. The van der Waals surface area contributed by atoms with Gasteiger partial charge in [-0.1, -0.05) is 11.6 Å². The second-order valence-corrected chi connectivity index (χ2v) is 5.28. The van der Waals surface area contributed by atoms with Crippen LogP contribution in [0.5, 0.6) is 0 Å². The standard InChI is InChI=1S/C14H17ClN2O3/c1-16-13(18)9-4-6-17(7-5-9)12-8-10(15)2-3-11(12)14(19)20/h2-3,8-9H,4-7H2,1H3,(H,16,18)(H,19,20). The number of nitrogens with one attached hydrogen (secondary N) is 1. The van der Waals surface area contributed by atoms with E-state index in [0.717, 1.165) is 0 Å². The molecule has 0 aromatic heterocycles. The van der Waals surface area contributed by atoms with E-state index in [1.54, 1.807) is 19.2 Å². The maximum atomic E-state index is 11.6. The lowest BCUT2D eigenvalue weighted by Crippen LogP contribution is -2.40. The molecule has 1 fully saturated rings. The number of piperidine rings is 1. The molecule has 1 aliphatic heterocycles. The number of amides is 1. The average molecular weight is 297 g/mol. The van der Waals surface area contributed by atoms with Crippen molar-refractivity contribution < 1.29 is 14.7 Å². The average Bonchev–Trinajstić information content (AvgIpc) is 2.46. The molecule has 1 aromatic rings. The third-order valence-corrected chi connectivity index (χ3v) is 3.88. The number of carbonyl (C=O) groups is 2. The molecule has 1 aliphatic rings. The quantitative estimate of drug-likeness (QED) is 0.895. The zero-order valence-corrected chi connectivity index (χ0v) is 12.0. The van der Waals surface area contributed by atoms with E-state index >= 15 is 0 Å². The van der Waals surface area contributed by atoms with Crippen LogP contribution in [0.4, 0.5) is 5.69 Å². The van der Waals surface area contributed by atoms with Gasteiger partial charge in [0.1, 0.15) is 0 Å². The SMILES string of the molecule is CNC(=O)C1CCN(c2cc(Cl)ccc2C(=O)O)CC1. The molecule has 1 amide bonds. The highest BCUT2D eigenvalue weighted by Crippen LogP contribution is 2.29. The van der Waals surface area contributed by atoms with Crippen LogP contribution in [-0.2, 0) is 4.79 Å². The molecule has 0 radical (unpaired) electrons. The smallest absolute Gasteiger partial charge is 0.337 e. The zero-order chi connectivity index (χ0) is 14.7. The second-order valence-electron chi connectivity index (χ2n) is 4.84. The maximum Gasteiger partial charge on any atom is 0.337 e. The fraction of sp³-hybridized carbons (Fsp3) is 0.429. The van der Waals surface area contributed by atoms with Gasteiger partial charge in [-0.3, -0.25) is 4.79 Å². The van der Waals surface area contributed by atoms with Gasteiger partial charge in [0.25, 0.3) is 0 Å². The third-order valence-electron chi connectivity index (χ3n) is 3.64. The summed E-state index contributed by atoms with van der Waals surface area (Å²) in [4.78, 5) is 24.8. The van der Waals surface area contributed by atoms with Gasteiger partial charge in [0.05, 0.1) is 11.3 Å². The monoisotopic (exact) mass is 296 g/mol. The molecule has 108 valence electrons. The highest BCUT2D eigenvalue weighted by atomic mass is 35.5. The minimum absolute atomic E-state index is 0.00344. The Balaban J connectivity index is 2.16.